The van der Waals surface area contributed by atoms with Gasteiger partial charge in [0.25, 0.3) is 29.5 Å². The number of aromatic nitrogens is 8. The highest BCUT2D eigenvalue weighted by atomic mass is 35.5. The van der Waals surface area contributed by atoms with E-state index in [0.717, 1.165) is 123 Å². The first-order valence-corrected chi connectivity index (χ1v) is 45.0. The molecule has 10 aromatic heterocycles. The molecule has 18 rings (SSSR count). The Morgan fingerprint density at radius 2 is 0.955 bits per heavy atom. The number of nitrogens with zero attached hydrogens (tertiary/aromatic N) is 2. The second-order valence-corrected chi connectivity index (χ2v) is 35.4. The summed E-state index contributed by atoms with van der Waals surface area (Å²) in [5.74, 6) is 1.35. The summed E-state index contributed by atoms with van der Waals surface area (Å²) in [4.78, 5) is 98.6. The molecule has 0 bridgehead atoms. The van der Waals surface area contributed by atoms with Gasteiger partial charge in [0.1, 0.15) is 45.8 Å². The number of halogens is 5. The highest BCUT2D eigenvalue weighted by molar-refractivity contribution is 7.10. The fourth-order valence-electron chi connectivity index (χ4n) is 15.5. The first kappa shape index (κ1) is 96.0. The summed E-state index contributed by atoms with van der Waals surface area (Å²) >= 11 is 8.03. The molecule has 133 heavy (non-hydrogen) atoms. The van der Waals surface area contributed by atoms with Crippen molar-refractivity contribution in [2.24, 2.45) is 13.0 Å². The molecule has 5 atom stereocenters. The normalized spacial score (nSPS) is 12.4. The van der Waals surface area contributed by atoms with Crippen molar-refractivity contribution in [3.8, 4) is 0 Å². The van der Waals surface area contributed by atoms with E-state index in [1.807, 2.05) is 190 Å². The third-order valence-corrected chi connectivity index (χ3v) is 24.8. The van der Waals surface area contributed by atoms with Gasteiger partial charge in [-0.15, -0.1) is 11.3 Å². The summed E-state index contributed by atoms with van der Waals surface area (Å²) in [7, 11) is 2.01. The van der Waals surface area contributed by atoms with Crippen molar-refractivity contribution in [3.05, 3.63) is 383 Å². The molecular formula is C107H108ClF4N13O7S. The Morgan fingerprint density at radius 3 is 1.49 bits per heavy atom. The van der Waals surface area contributed by atoms with Crippen LogP contribution in [0.25, 0.3) is 65.4 Å². The van der Waals surface area contributed by atoms with Gasteiger partial charge in [-0.2, -0.15) is 13.2 Å². The molecule has 10 heterocycles. The van der Waals surface area contributed by atoms with Crippen LogP contribution in [0, 0.1) is 67.1 Å². The summed E-state index contributed by atoms with van der Waals surface area (Å²) in [6, 6.07) is 70.9. The van der Waals surface area contributed by atoms with Gasteiger partial charge in [-0.1, -0.05) is 127 Å². The molecular weight excluding hydrogens is 1720 g/mol. The van der Waals surface area contributed by atoms with Crippen molar-refractivity contribution in [3.63, 3.8) is 0 Å². The summed E-state index contributed by atoms with van der Waals surface area (Å²) in [6.07, 6.45) is -0.351. The second kappa shape index (κ2) is 42.6. The number of fused-ring (bicyclic) bond motifs is 6. The molecule has 18 aromatic rings. The number of furan rings is 1. The molecule has 0 spiro atoms. The van der Waals surface area contributed by atoms with E-state index in [0.29, 0.717) is 63.9 Å². The van der Waals surface area contributed by atoms with E-state index in [1.165, 1.54) is 57.1 Å². The molecule has 26 heteroatoms. The lowest BCUT2D eigenvalue weighted by Gasteiger charge is -2.18. The monoisotopic (exact) mass is 1830 g/mol. The number of benzene rings is 8. The number of Topliss-reactive ketones (excluding diaryl/α,β-unsaturated/α-hetero) is 1. The number of rotatable bonds is 20. The Morgan fingerprint density at radius 1 is 0.444 bits per heavy atom. The number of H-pyrrole nitrogens is 6. The maximum absolute atomic E-state index is 13.2. The molecule has 0 fully saturated rings. The van der Waals surface area contributed by atoms with Gasteiger partial charge in [-0.05, 0) is 279 Å². The zero-order chi connectivity index (χ0) is 95.2. The number of hydrogen-bond acceptors (Lipinski definition) is 9. The van der Waals surface area contributed by atoms with Crippen LogP contribution in [0.1, 0.15) is 224 Å². The fourth-order valence-corrected chi connectivity index (χ4v) is 16.8. The van der Waals surface area contributed by atoms with Crippen molar-refractivity contribution < 1.29 is 50.7 Å². The number of carbonyl (C=O) groups excluding carboxylic acids is 6. The van der Waals surface area contributed by atoms with Crippen LogP contribution in [0.15, 0.2) is 259 Å². The molecule has 684 valence electrons. The number of ketones is 1. The quantitative estimate of drug-likeness (QED) is 0.0257. The van der Waals surface area contributed by atoms with E-state index >= 15 is 0 Å². The smallest absolute Gasteiger partial charge is 0.416 e. The lowest BCUT2D eigenvalue weighted by Crippen LogP contribution is -2.26. The van der Waals surface area contributed by atoms with Crippen LogP contribution in [-0.2, 0) is 19.8 Å². The highest BCUT2D eigenvalue weighted by Gasteiger charge is 2.31. The number of aryl methyl sites for hydroxylation is 8. The number of alkyl halides is 3. The Labute approximate surface area is 777 Å². The SMILES string of the molecule is CC(NC(=O)c1cc2ccccc2[nH]1)c1ccc(C(F)(F)F)cc1.Cc1cc(C)c2cc(C(=O)NCc3ccc(C)n3C)[nH]c2c1.Cc1ccc2[nH]c(C(=O)CC(c3cccs3)C(C)C)cc2c1.Cc1ccc2[nH]c(C(=O)NC(C)c3ccc(C)o3)cc2c1.Cc1ccc2[nH]c(C(=O)NC(C)c3cccc(F)c3)cc2c1.Cc1ccc2[nH]c(C(=O)NC(C)c3cccnc3)cc2c1Cl. The average Bonchev–Trinajstić information content (AvgIpc) is 1.66. The largest absolute Gasteiger partial charge is 0.464 e. The van der Waals surface area contributed by atoms with Crippen molar-refractivity contribution in [1.82, 2.24) is 66.0 Å². The zero-order valence-corrected chi connectivity index (χ0v) is 78.2. The zero-order valence-electron chi connectivity index (χ0n) is 76.7. The molecule has 0 aliphatic carbocycles. The summed E-state index contributed by atoms with van der Waals surface area (Å²) in [5, 5.41) is 23.3. The van der Waals surface area contributed by atoms with Crippen molar-refractivity contribution >= 4 is 124 Å². The topological polar surface area (TPSA) is 288 Å². The third-order valence-electron chi connectivity index (χ3n) is 23.3. The van der Waals surface area contributed by atoms with Crippen LogP contribution in [0.4, 0.5) is 17.6 Å². The van der Waals surface area contributed by atoms with Crippen LogP contribution in [0.5, 0.6) is 0 Å². The summed E-state index contributed by atoms with van der Waals surface area (Å²) in [5.41, 5.74) is 19.7. The second-order valence-electron chi connectivity index (χ2n) is 34.0. The molecule has 0 aliphatic heterocycles. The highest BCUT2D eigenvalue weighted by Crippen LogP contribution is 2.35. The minimum atomic E-state index is -4.37. The van der Waals surface area contributed by atoms with Crippen LogP contribution in [0.2, 0.25) is 5.02 Å². The molecule has 8 aromatic carbocycles. The number of nitrogens with one attached hydrogen (secondary N) is 11. The third kappa shape index (κ3) is 24.6. The van der Waals surface area contributed by atoms with E-state index in [4.69, 9.17) is 16.0 Å². The number of para-hydroxylation sites is 1. The van der Waals surface area contributed by atoms with Gasteiger partial charge in [0.15, 0.2) is 5.78 Å². The fraction of sp³-hybridized carbons (Fsp3) is 0.224. The average molecular weight is 1830 g/mol. The predicted molar refractivity (Wildman–Crippen MR) is 524 cm³/mol. The minimum Gasteiger partial charge on any atom is -0.464 e. The van der Waals surface area contributed by atoms with Crippen LogP contribution >= 0.6 is 22.9 Å². The Balaban J connectivity index is 0.000000136. The molecule has 0 aliphatic rings. The molecule has 0 radical (unpaired) electrons. The maximum atomic E-state index is 13.2. The number of amides is 5. The minimum absolute atomic E-state index is 0.0768. The molecule has 5 unspecified atom stereocenters. The van der Waals surface area contributed by atoms with Crippen LogP contribution in [-0.4, -0.2) is 74.8 Å². The van der Waals surface area contributed by atoms with E-state index in [1.54, 1.807) is 54.9 Å². The van der Waals surface area contributed by atoms with Gasteiger partial charge >= 0.3 is 6.18 Å². The van der Waals surface area contributed by atoms with E-state index in [2.05, 4.69) is 155 Å². The standard InChI is InChI=1S/C19H21NOS.C18H15F3N2O.C18H17FN2O.C18H21N3O.C17H16ClN3O.C17H18N2O2/c1-12(2)15(19-5-4-8-22-19)11-18(21)17-10-14-9-13(3)6-7-16(14)20-17;1-11(12-6-8-14(9-7-12)18(19,20)21)22-17(24)16-10-13-4-2-3-5-15(13)23-16;1-11-6-7-16-14(8-11)10-17(21-16)18(22)20-12(2)13-4-3-5-15(19)9-13;1-11-7-12(2)15-9-17(20-16(15)8-11)18(22)19-10-14-6-5-13(3)21(14)4;1-10-5-6-14-13(16(10)18)8-15(21-14)17(22)20-11(2)12-4-3-7-19-9-12;1-10-4-6-14-13(8-10)9-15(19-14)17(20)18-12(3)16-7-5-11(2)21-16/h4-10,12,15,20H,11H2,1-3H3;2-11,23H,1H3,(H,22,24);3-10,12,21H,1-2H3,(H,20,22);5-9,20H,10H2,1-4H3,(H,19,22);3-9,11,21H,1-2H3,(H,20,22);4-9,12,19H,1-3H3,(H,18,20). The number of aromatic amines is 6. The number of hydrogen-bond donors (Lipinski definition) is 11. The maximum Gasteiger partial charge on any atom is 0.416 e. The first-order valence-electron chi connectivity index (χ1n) is 43.8. The molecule has 5 amide bonds. The molecule has 0 saturated carbocycles. The lowest BCUT2D eigenvalue weighted by atomic mass is 9.88. The van der Waals surface area contributed by atoms with Crippen molar-refractivity contribution in [2.75, 3.05) is 0 Å². The Kier molecular flexibility index (Phi) is 30.7. The van der Waals surface area contributed by atoms with Gasteiger partial charge in [-0.25, -0.2) is 4.39 Å². The molecule has 11 N–H and O–H groups in total. The number of thiophene rings is 1. The van der Waals surface area contributed by atoms with E-state index in [-0.39, 0.29) is 59.3 Å². The summed E-state index contributed by atoms with van der Waals surface area (Å²) in [6.45, 7) is 28.4. The molecule has 20 nitrogen and oxygen atoms in total. The molecule has 0 saturated heterocycles. The predicted octanol–water partition coefficient (Wildman–Crippen LogP) is 25.6. The Bertz CT molecular complexity index is 7140. The summed E-state index contributed by atoms with van der Waals surface area (Å²) < 4.78 is 58.6. The van der Waals surface area contributed by atoms with Gasteiger partial charge in [-0.3, -0.25) is 33.8 Å². The number of pyridine rings is 1. The van der Waals surface area contributed by atoms with E-state index in [9.17, 15) is 46.3 Å². The van der Waals surface area contributed by atoms with Gasteiger partial charge in [0.05, 0.1) is 47.0 Å². The van der Waals surface area contributed by atoms with Gasteiger partial charge in [0, 0.05) is 113 Å². The van der Waals surface area contributed by atoms with E-state index < -0.39 is 17.8 Å². The number of carbonyl (C=O) groups is 6. The first-order chi connectivity index (χ1) is 63.4. The van der Waals surface area contributed by atoms with Gasteiger partial charge in [0.2, 0.25) is 0 Å². The van der Waals surface area contributed by atoms with Crippen molar-refractivity contribution in [2.45, 2.75) is 146 Å². The van der Waals surface area contributed by atoms with Gasteiger partial charge < -0.3 is 65.5 Å². The van der Waals surface area contributed by atoms with Crippen LogP contribution < -0.4 is 26.6 Å². The Hall–Kier alpha value is -14.6. The lowest BCUT2D eigenvalue weighted by molar-refractivity contribution is -0.137. The van der Waals surface area contributed by atoms with Crippen molar-refractivity contribution in [1.29, 1.82) is 0 Å². The van der Waals surface area contributed by atoms with Crippen LogP contribution in [0.3, 0.4) is 0 Å².